The van der Waals surface area contributed by atoms with Gasteiger partial charge in [0.05, 0.1) is 5.38 Å². The third-order valence-electron chi connectivity index (χ3n) is 5.31. The number of nitrogens with one attached hydrogen (secondary N) is 1. The van der Waals surface area contributed by atoms with E-state index < -0.39 is 0 Å². The Morgan fingerprint density at radius 1 is 1.00 bits per heavy atom. The van der Waals surface area contributed by atoms with Gasteiger partial charge in [-0.25, -0.2) is 4.79 Å². The number of carbonyl (C=O) groups excluding carboxylic acids is 1. The van der Waals surface area contributed by atoms with Crippen LogP contribution in [-0.2, 0) is 0 Å². The number of carbonyl (C=O) groups is 1. The van der Waals surface area contributed by atoms with Gasteiger partial charge < -0.3 is 25.8 Å². The normalized spacial score (nSPS) is 34.7. The van der Waals surface area contributed by atoms with E-state index in [1.807, 2.05) is 9.80 Å². The lowest BCUT2D eigenvalue weighted by Crippen LogP contribution is -2.66. The first kappa shape index (κ1) is 17.2. The maximum absolute atomic E-state index is 12.6. The standard InChI is InChI=1S/C15H29ClN6O/c1-19-2-4-21(5-3-19)15(23)22-8-6-20(7-9-22)14-12(16)10-18-11-13(14)17/h12-14,18H,2-11,17H2,1H3. The van der Waals surface area contributed by atoms with Crippen LogP contribution in [0, 0.1) is 0 Å². The molecule has 2 amide bonds. The summed E-state index contributed by atoms with van der Waals surface area (Å²) in [5.41, 5.74) is 6.24. The smallest absolute Gasteiger partial charge is 0.320 e. The van der Waals surface area contributed by atoms with E-state index in [9.17, 15) is 4.79 Å². The van der Waals surface area contributed by atoms with Gasteiger partial charge in [0.25, 0.3) is 0 Å². The Labute approximate surface area is 143 Å². The Morgan fingerprint density at radius 2 is 1.57 bits per heavy atom. The largest absolute Gasteiger partial charge is 0.325 e. The van der Waals surface area contributed by atoms with E-state index in [1.54, 1.807) is 0 Å². The molecule has 23 heavy (non-hydrogen) atoms. The van der Waals surface area contributed by atoms with Crippen LogP contribution in [0.4, 0.5) is 4.79 Å². The predicted octanol–water partition coefficient (Wildman–Crippen LogP) is -1.12. The number of urea groups is 1. The summed E-state index contributed by atoms with van der Waals surface area (Å²) in [6, 6.07) is 0.458. The lowest BCUT2D eigenvalue weighted by Gasteiger charge is -2.46. The van der Waals surface area contributed by atoms with Gasteiger partial charge in [0.15, 0.2) is 0 Å². The van der Waals surface area contributed by atoms with Crippen molar-refractivity contribution in [1.82, 2.24) is 24.9 Å². The Morgan fingerprint density at radius 3 is 2.13 bits per heavy atom. The molecule has 3 saturated heterocycles. The van der Waals surface area contributed by atoms with E-state index in [1.165, 1.54) is 0 Å². The van der Waals surface area contributed by atoms with Crippen molar-refractivity contribution in [3.8, 4) is 0 Å². The highest BCUT2D eigenvalue weighted by atomic mass is 35.5. The van der Waals surface area contributed by atoms with Crippen LogP contribution in [0.25, 0.3) is 0 Å². The summed E-state index contributed by atoms with van der Waals surface area (Å²) in [6.07, 6.45) is 0. The fraction of sp³-hybridized carbons (Fsp3) is 0.933. The van der Waals surface area contributed by atoms with Gasteiger partial charge in [-0.1, -0.05) is 0 Å². The fourth-order valence-electron chi connectivity index (χ4n) is 3.81. The van der Waals surface area contributed by atoms with Crippen LogP contribution < -0.4 is 11.1 Å². The average molecular weight is 345 g/mol. The summed E-state index contributed by atoms with van der Waals surface area (Å²) in [7, 11) is 2.10. The van der Waals surface area contributed by atoms with E-state index in [0.29, 0.717) is 0 Å². The van der Waals surface area contributed by atoms with Gasteiger partial charge in [-0.2, -0.15) is 0 Å². The molecule has 3 aliphatic rings. The minimum atomic E-state index is 0.0404. The number of likely N-dealkylation sites (N-methyl/N-ethyl adjacent to an activating group) is 1. The molecule has 0 radical (unpaired) electrons. The molecule has 3 N–H and O–H groups in total. The zero-order chi connectivity index (χ0) is 16.4. The van der Waals surface area contributed by atoms with Crippen molar-refractivity contribution >= 4 is 17.6 Å². The van der Waals surface area contributed by atoms with Gasteiger partial charge in [0.2, 0.25) is 0 Å². The van der Waals surface area contributed by atoms with Crippen molar-refractivity contribution in [3.05, 3.63) is 0 Å². The molecule has 7 nitrogen and oxygen atoms in total. The quantitative estimate of drug-likeness (QED) is 0.590. The SMILES string of the molecule is CN1CCN(C(=O)N2CCN(C3C(N)CNCC3Cl)CC2)CC1. The Kier molecular flexibility index (Phi) is 5.64. The minimum Gasteiger partial charge on any atom is -0.325 e. The van der Waals surface area contributed by atoms with Crippen molar-refractivity contribution in [2.24, 2.45) is 5.73 Å². The summed E-state index contributed by atoms with van der Waals surface area (Å²) in [4.78, 5) is 21.2. The number of piperidine rings is 1. The number of piperazine rings is 2. The number of halogens is 1. The maximum atomic E-state index is 12.6. The number of nitrogens with zero attached hydrogens (tertiary/aromatic N) is 4. The molecule has 0 saturated carbocycles. The van der Waals surface area contributed by atoms with Crippen LogP contribution >= 0.6 is 11.6 Å². The highest BCUT2D eigenvalue weighted by Crippen LogP contribution is 2.19. The highest BCUT2D eigenvalue weighted by Gasteiger charge is 2.37. The molecule has 3 rings (SSSR count). The van der Waals surface area contributed by atoms with Crippen molar-refractivity contribution in [2.75, 3.05) is 72.5 Å². The molecule has 3 fully saturated rings. The third-order valence-corrected chi connectivity index (χ3v) is 5.72. The predicted molar refractivity (Wildman–Crippen MR) is 91.9 cm³/mol. The topological polar surface area (TPSA) is 68.1 Å². The highest BCUT2D eigenvalue weighted by molar-refractivity contribution is 6.21. The number of amides is 2. The Balaban J connectivity index is 1.51. The molecule has 3 heterocycles. The van der Waals surface area contributed by atoms with E-state index in [2.05, 4.69) is 22.2 Å². The molecule has 0 bridgehead atoms. The van der Waals surface area contributed by atoms with Gasteiger partial charge in [0.1, 0.15) is 0 Å². The maximum Gasteiger partial charge on any atom is 0.320 e. The minimum absolute atomic E-state index is 0.0404. The zero-order valence-corrected chi connectivity index (χ0v) is 14.7. The molecule has 132 valence electrons. The van der Waals surface area contributed by atoms with Gasteiger partial charge in [-0.15, -0.1) is 11.6 Å². The molecule has 0 spiro atoms. The summed E-state index contributed by atoms with van der Waals surface area (Å²) in [5, 5.41) is 3.31. The summed E-state index contributed by atoms with van der Waals surface area (Å²) >= 11 is 6.47. The molecule has 3 atom stereocenters. The van der Waals surface area contributed by atoms with Crippen molar-refractivity contribution < 1.29 is 4.79 Å². The van der Waals surface area contributed by atoms with E-state index in [4.69, 9.17) is 17.3 Å². The van der Waals surface area contributed by atoms with Crippen molar-refractivity contribution in [3.63, 3.8) is 0 Å². The number of nitrogens with two attached hydrogens (primary N) is 1. The monoisotopic (exact) mass is 344 g/mol. The lowest BCUT2D eigenvalue weighted by molar-refractivity contribution is 0.0679. The summed E-state index contributed by atoms with van der Waals surface area (Å²) in [6.45, 7) is 8.47. The van der Waals surface area contributed by atoms with Crippen LogP contribution in [0.15, 0.2) is 0 Å². The van der Waals surface area contributed by atoms with Crippen LogP contribution in [0.2, 0.25) is 0 Å². The number of hydrogen-bond donors (Lipinski definition) is 2. The van der Waals surface area contributed by atoms with Crippen LogP contribution in [0.5, 0.6) is 0 Å². The third kappa shape index (κ3) is 3.91. The molecular formula is C15H29ClN6O. The number of rotatable bonds is 1. The second kappa shape index (κ2) is 7.53. The van der Waals surface area contributed by atoms with Crippen molar-refractivity contribution in [1.29, 1.82) is 0 Å². The van der Waals surface area contributed by atoms with Gasteiger partial charge in [0, 0.05) is 77.5 Å². The Bertz CT molecular complexity index is 399. The molecular weight excluding hydrogens is 316 g/mol. The van der Waals surface area contributed by atoms with Crippen molar-refractivity contribution in [2.45, 2.75) is 17.5 Å². The second-order valence-electron chi connectivity index (χ2n) is 6.92. The lowest BCUT2D eigenvalue weighted by atomic mass is 9.98. The molecule has 3 unspecified atom stereocenters. The molecule has 0 aromatic heterocycles. The first-order valence-electron chi connectivity index (χ1n) is 8.63. The summed E-state index contributed by atoms with van der Waals surface area (Å²) < 4.78 is 0. The van der Waals surface area contributed by atoms with E-state index in [-0.39, 0.29) is 23.5 Å². The Hall–Kier alpha value is -0.600. The molecule has 3 aliphatic heterocycles. The average Bonchev–Trinajstić information content (AvgIpc) is 2.55. The van der Waals surface area contributed by atoms with E-state index in [0.717, 1.165) is 65.4 Å². The van der Waals surface area contributed by atoms with Crippen LogP contribution in [0.1, 0.15) is 0 Å². The number of alkyl halides is 1. The first-order chi connectivity index (χ1) is 11.1. The molecule has 0 aromatic carbocycles. The van der Waals surface area contributed by atoms with E-state index >= 15 is 0 Å². The second-order valence-corrected chi connectivity index (χ2v) is 7.49. The number of hydrogen-bond acceptors (Lipinski definition) is 5. The fourth-order valence-corrected chi connectivity index (χ4v) is 4.26. The van der Waals surface area contributed by atoms with Crippen LogP contribution in [-0.4, -0.2) is 116 Å². The zero-order valence-electron chi connectivity index (χ0n) is 14.0. The molecule has 0 aromatic rings. The first-order valence-corrected chi connectivity index (χ1v) is 9.06. The summed E-state index contributed by atoms with van der Waals surface area (Å²) in [5.74, 6) is 0. The van der Waals surface area contributed by atoms with Gasteiger partial charge >= 0.3 is 6.03 Å². The van der Waals surface area contributed by atoms with Gasteiger partial charge in [-0.05, 0) is 7.05 Å². The van der Waals surface area contributed by atoms with Crippen LogP contribution in [0.3, 0.4) is 0 Å². The molecule has 0 aliphatic carbocycles. The van der Waals surface area contributed by atoms with Gasteiger partial charge in [-0.3, -0.25) is 4.90 Å². The molecule has 8 heteroatoms.